The molecule has 0 aliphatic rings. The summed E-state index contributed by atoms with van der Waals surface area (Å²) in [4.78, 5) is 36.1. The van der Waals surface area contributed by atoms with Crippen LogP contribution in [0.25, 0.3) is 0 Å². The van der Waals surface area contributed by atoms with Crippen molar-refractivity contribution in [3.8, 4) is 5.75 Å². The number of carbonyl (C=O) groups is 3. The number of anilines is 2. The molecule has 0 bridgehead atoms. The number of hydrogen-bond acceptors (Lipinski definition) is 4. The Balaban J connectivity index is 2.24. The van der Waals surface area contributed by atoms with Gasteiger partial charge in [0.2, 0.25) is 11.8 Å². The van der Waals surface area contributed by atoms with Gasteiger partial charge < -0.3 is 21.1 Å². The van der Waals surface area contributed by atoms with Crippen LogP contribution in [0.15, 0.2) is 42.5 Å². The molecule has 0 aromatic heterocycles. The molecule has 27 heavy (non-hydrogen) atoms. The van der Waals surface area contributed by atoms with E-state index in [-0.39, 0.29) is 11.5 Å². The Morgan fingerprint density at radius 2 is 1.67 bits per heavy atom. The molecule has 0 unspecified atom stereocenters. The van der Waals surface area contributed by atoms with Crippen LogP contribution in [0, 0.1) is 5.41 Å². The Hall–Kier alpha value is -3.35. The standard InChI is InChI=1S/C20H23N3O4/c1-20(2,3)19(26)22-14-7-5-6-13(10-14)18(25)23-15-11-12(17(21)24)8-9-16(15)27-4/h5-11H,1-4H3,(H2,21,24)(H,22,26)(H,23,25). The molecule has 0 saturated heterocycles. The van der Waals surface area contributed by atoms with Crippen LogP contribution in [0.5, 0.6) is 5.75 Å². The minimum Gasteiger partial charge on any atom is -0.495 e. The lowest BCUT2D eigenvalue weighted by atomic mass is 9.95. The molecular weight excluding hydrogens is 346 g/mol. The van der Waals surface area contributed by atoms with E-state index in [4.69, 9.17) is 10.5 Å². The number of nitrogens with one attached hydrogen (secondary N) is 2. The van der Waals surface area contributed by atoms with E-state index < -0.39 is 17.2 Å². The van der Waals surface area contributed by atoms with Crippen molar-refractivity contribution in [2.24, 2.45) is 11.1 Å². The number of methoxy groups -OCH3 is 1. The zero-order valence-corrected chi connectivity index (χ0v) is 15.8. The van der Waals surface area contributed by atoms with Gasteiger partial charge in [-0.1, -0.05) is 26.8 Å². The number of primary amides is 1. The van der Waals surface area contributed by atoms with E-state index in [0.29, 0.717) is 22.7 Å². The fraction of sp³-hybridized carbons (Fsp3) is 0.250. The minimum absolute atomic E-state index is 0.157. The Labute approximate surface area is 157 Å². The smallest absolute Gasteiger partial charge is 0.255 e. The van der Waals surface area contributed by atoms with Crippen LogP contribution in [0.3, 0.4) is 0 Å². The van der Waals surface area contributed by atoms with Gasteiger partial charge in [0, 0.05) is 22.2 Å². The second-order valence-corrected chi connectivity index (χ2v) is 7.02. The van der Waals surface area contributed by atoms with Crippen molar-refractivity contribution in [3.05, 3.63) is 53.6 Å². The normalized spacial score (nSPS) is 10.8. The molecule has 0 fully saturated rings. The molecule has 0 spiro atoms. The summed E-state index contributed by atoms with van der Waals surface area (Å²) in [5.41, 5.74) is 6.15. The van der Waals surface area contributed by atoms with Crippen molar-refractivity contribution in [1.82, 2.24) is 0 Å². The number of carbonyl (C=O) groups excluding carboxylic acids is 3. The van der Waals surface area contributed by atoms with Crippen molar-refractivity contribution in [2.45, 2.75) is 20.8 Å². The molecule has 0 aliphatic heterocycles. The summed E-state index contributed by atoms with van der Waals surface area (Å²) in [7, 11) is 1.46. The van der Waals surface area contributed by atoms with Gasteiger partial charge in [-0.05, 0) is 36.4 Å². The summed E-state index contributed by atoms with van der Waals surface area (Å²) in [6.07, 6.45) is 0. The third-order valence-electron chi connectivity index (χ3n) is 3.80. The highest BCUT2D eigenvalue weighted by Crippen LogP contribution is 2.26. The first-order valence-electron chi connectivity index (χ1n) is 8.32. The molecular formula is C20H23N3O4. The Kier molecular flexibility index (Phi) is 5.85. The second-order valence-electron chi connectivity index (χ2n) is 7.02. The van der Waals surface area contributed by atoms with Crippen LogP contribution >= 0.6 is 0 Å². The van der Waals surface area contributed by atoms with E-state index >= 15 is 0 Å². The molecule has 3 amide bonds. The summed E-state index contributed by atoms with van der Waals surface area (Å²) in [5, 5.41) is 5.48. The largest absolute Gasteiger partial charge is 0.495 e. The number of rotatable bonds is 5. The number of ether oxygens (including phenoxy) is 1. The molecule has 2 rings (SSSR count). The van der Waals surface area contributed by atoms with Crippen LogP contribution < -0.4 is 21.1 Å². The van der Waals surface area contributed by atoms with Crippen molar-refractivity contribution >= 4 is 29.1 Å². The fourth-order valence-corrected chi connectivity index (χ4v) is 2.21. The lowest BCUT2D eigenvalue weighted by molar-refractivity contribution is -0.123. The second kappa shape index (κ2) is 7.90. The Morgan fingerprint density at radius 3 is 2.26 bits per heavy atom. The van der Waals surface area contributed by atoms with E-state index in [1.54, 1.807) is 51.1 Å². The Bertz CT molecular complexity index is 885. The average molecular weight is 369 g/mol. The molecule has 7 nitrogen and oxygen atoms in total. The molecule has 2 aromatic carbocycles. The van der Waals surface area contributed by atoms with Crippen molar-refractivity contribution < 1.29 is 19.1 Å². The summed E-state index contributed by atoms with van der Waals surface area (Å²) >= 11 is 0. The summed E-state index contributed by atoms with van der Waals surface area (Å²) in [6, 6.07) is 11.1. The van der Waals surface area contributed by atoms with E-state index in [9.17, 15) is 14.4 Å². The summed E-state index contributed by atoms with van der Waals surface area (Å²) in [5.74, 6) is -0.789. The third-order valence-corrected chi connectivity index (χ3v) is 3.80. The highest BCUT2D eigenvalue weighted by Gasteiger charge is 2.21. The molecule has 0 saturated carbocycles. The van der Waals surface area contributed by atoms with Crippen LogP contribution in [-0.2, 0) is 4.79 Å². The first-order chi connectivity index (χ1) is 12.6. The van der Waals surface area contributed by atoms with Crippen molar-refractivity contribution in [1.29, 1.82) is 0 Å². The molecule has 0 aliphatic carbocycles. The van der Waals surface area contributed by atoms with Gasteiger partial charge in [-0.25, -0.2) is 0 Å². The van der Waals surface area contributed by atoms with Gasteiger partial charge in [-0.2, -0.15) is 0 Å². The number of benzene rings is 2. The number of hydrogen-bond donors (Lipinski definition) is 3. The average Bonchev–Trinajstić information content (AvgIpc) is 2.61. The van der Waals surface area contributed by atoms with Crippen molar-refractivity contribution in [2.75, 3.05) is 17.7 Å². The monoisotopic (exact) mass is 369 g/mol. The zero-order valence-electron chi connectivity index (χ0n) is 15.8. The fourth-order valence-electron chi connectivity index (χ4n) is 2.21. The predicted octanol–water partition coefficient (Wildman–Crippen LogP) is 3.03. The molecule has 0 radical (unpaired) electrons. The number of amides is 3. The van der Waals surface area contributed by atoms with Crippen LogP contribution in [0.4, 0.5) is 11.4 Å². The van der Waals surface area contributed by atoms with Crippen LogP contribution in [0.2, 0.25) is 0 Å². The van der Waals surface area contributed by atoms with Crippen LogP contribution in [0.1, 0.15) is 41.5 Å². The van der Waals surface area contributed by atoms with Gasteiger partial charge in [0.25, 0.3) is 5.91 Å². The third kappa shape index (κ3) is 5.07. The highest BCUT2D eigenvalue weighted by molar-refractivity contribution is 6.07. The lowest BCUT2D eigenvalue weighted by Gasteiger charge is -2.18. The maximum atomic E-state index is 12.6. The van der Waals surface area contributed by atoms with Gasteiger partial charge in [0.05, 0.1) is 12.8 Å². The molecule has 2 aromatic rings. The Morgan fingerprint density at radius 1 is 0.963 bits per heavy atom. The van der Waals surface area contributed by atoms with Crippen molar-refractivity contribution in [3.63, 3.8) is 0 Å². The maximum Gasteiger partial charge on any atom is 0.255 e. The predicted molar refractivity (Wildman–Crippen MR) is 104 cm³/mol. The van der Waals surface area contributed by atoms with Gasteiger partial charge in [0.1, 0.15) is 5.75 Å². The summed E-state index contributed by atoms with van der Waals surface area (Å²) < 4.78 is 5.21. The van der Waals surface area contributed by atoms with Gasteiger partial charge in [0.15, 0.2) is 0 Å². The van der Waals surface area contributed by atoms with E-state index in [1.807, 2.05) is 0 Å². The molecule has 7 heteroatoms. The van der Waals surface area contributed by atoms with Gasteiger partial charge in [-0.3, -0.25) is 14.4 Å². The molecule has 142 valence electrons. The first kappa shape index (κ1) is 20.0. The van der Waals surface area contributed by atoms with E-state index in [2.05, 4.69) is 10.6 Å². The SMILES string of the molecule is COc1ccc(C(N)=O)cc1NC(=O)c1cccc(NC(=O)C(C)(C)C)c1. The minimum atomic E-state index is -0.611. The van der Waals surface area contributed by atoms with Crippen LogP contribution in [-0.4, -0.2) is 24.8 Å². The maximum absolute atomic E-state index is 12.6. The first-order valence-corrected chi connectivity index (χ1v) is 8.32. The van der Waals surface area contributed by atoms with Gasteiger partial charge in [-0.15, -0.1) is 0 Å². The lowest BCUT2D eigenvalue weighted by Crippen LogP contribution is -2.27. The molecule has 0 atom stereocenters. The zero-order chi connectivity index (χ0) is 20.2. The highest BCUT2D eigenvalue weighted by atomic mass is 16.5. The molecule has 0 heterocycles. The topological polar surface area (TPSA) is 111 Å². The quantitative estimate of drug-likeness (QED) is 0.752. The van der Waals surface area contributed by atoms with Gasteiger partial charge >= 0.3 is 0 Å². The molecule has 4 N–H and O–H groups in total. The van der Waals surface area contributed by atoms with E-state index in [0.717, 1.165) is 0 Å². The number of nitrogens with two attached hydrogens (primary N) is 1. The van der Waals surface area contributed by atoms with E-state index in [1.165, 1.54) is 19.2 Å². The summed E-state index contributed by atoms with van der Waals surface area (Å²) in [6.45, 7) is 5.41.